The molecule has 0 aliphatic rings. The van der Waals surface area contributed by atoms with Crippen molar-refractivity contribution in [2.45, 2.75) is 34.1 Å². The van der Waals surface area contributed by atoms with E-state index >= 15 is 0 Å². The van der Waals surface area contributed by atoms with Crippen molar-refractivity contribution in [1.82, 2.24) is 0 Å². The van der Waals surface area contributed by atoms with Gasteiger partial charge in [0.1, 0.15) is 0 Å². The fourth-order valence-corrected chi connectivity index (χ4v) is 3.11. The fraction of sp³-hybridized carbons (Fsp3) is 0.778. The van der Waals surface area contributed by atoms with Gasteiger partial charge in [-0.2, -0.15) is 0 Å². The van der Waals surface area contributed by atoms with Crippen LogP contribution in [0.15, 0.2) is 0 Å². The molecule has 0 bridgehead atoms. The summed E-state index contributed by atoms with van der Waals surface area (Å²) in [6.45, 7) is 0. The van der Waals surface area contributed by atoms with Crippen LogP contribution in [0.25, 0.3) is 0 Å². The molecule has 0 amide bonds. The first-order valence-corrected chi connectivity index (χ1v) is 14.4. The van der Waals surface area contributed by atoms with Crippen LogP contribution in [0.1, 0.15) is 19.3 Å². The number of hydrogen-bond acceptors (Lipinski definition) is 4. The van der Waals surface area contributed by atoms with Crippen molar-refractivity contribution >= 4 is 30.7 Å². The second kappa shape index (κ2) is 6.27. The van der Waals surface area contributed by atoms with Gasteiger partial charge in [-0.3, -0.25) is 0 Å². The van der Waals surface area contributed by atoms with E-state index in [4.69, 9.17) is 3.07 Å². The van der Waals surface area contributed by atoms with E-state index in [0.29, 0.717) is 12.8 Å². The molecule has 0 N–H and O–H groups in total. The molecule has 0 spiro atoms. The number of methoxy groups -OCH3 is 1. The van der Waals surface area contributed by atoms with E-state index in [0.717, 1.165) is 0 Å². The molecule has 5 heteroatoms. The van der Waals surface area contributed by atoms with Crippen molar-refractivity contribution in [3.63, 3.8) is 0 Å². The van der Waals surface area contributed by atoms with E-state index in [-0.39, 0.29) is 18.4 Å². The van der Waals surface area contributed by atoms with Crippen molar-refractivity contribution in [3.8, 4) is 0 Å². The molecule has 0 aromatic carbocycles. The zero-order valence-electron chi connectivity index (χ0n) is 9.25. The van der Waals surface area contributed by atoms with Crippen LogP contribution in [0, 0.1) is 0 Å². The van der Waals surface area contributed by atoms with Gasteiger partial charge in [0.25, 0.3) is 0 Å². The molecule has 0 saturated carbocycles. The first kappa shape index (κ1) is 13.7. The van der Waals surface area contributed by atoms with Crippen LogP contribution < -0.4 is 0 Å². The molecule has 82 valence electrons. The number of hydrogen-bond donors (Lipinski definition) is 0. The summed E-state index contributed by atoms with van der Waals surface area (Å²) in [5.41, 5.74) is 0. The molecular weight excluding hydrogens is 291 g/mol. The summed E-state index contributed by atoms with van der Waals surface area (Å²) < 4.78 is 9.73. The van der Waals surface area contributed by atoms with Gasteiger partial charge in [0.2, 0.25) is 0 Å². The number of carbonyl (C=O) groups excluding carboxylic acids is 2. The maximum atomic E-state index is 11.2. The molecule has 0 heterocycles. The second-order valence-corrected chi connectivity index (χ2v) is 16.7. The van der Waals surface area contributed by atoms with Crippen molar-refractivity contribution < 1.29 is 17.4 Å². The molecule has 0 aromatic heterocycles. The summed E-state index contributed by atoms with van der Waals surface area (Å²) in [4.78, 5) is 28.0. The quantitative estimate of drug-likeness (QED) is 0.573. The van der Waals surface area contributed by atoms with Crippen molar-refractivity contribution in [2.24, 2.45) is 0 Å². The second-order valence-electron chi connectivity index (χ2n) is 4.02. The first-order valence-electron chi connectivity index (χ1n) is 4.64. The number of rotatable bonds is 5. The van der Waals surface area contributed by atoms with Gasteiger partial charge in [-0.15, -0.1) is 0 Å². The average molecular weight is 309 g/mol. The third kappa shape index (κ3) is 8.34. The Hall–Kier alpha value is -0.261. The van der Waals surface area contributed by atoms with Crippen LogP contribution in [0.5, 0.6) is 0 Å². The Morgan fingerprint density at radius 1 is 1.07 bits per heavy atom. The zero-order chi connectivity index (χ0) is 11.2. The minimum atomic E-state index is -2.45. The monoisotopic (exact) mass is 310 g/mol. The number of esters is 1. The molecule has 0 unspecified atom stereocenters. The summed E-state index contributed by atoms with van der Waals surface area (Å²) in [5.74, 6) is -0.464. The Morgan fingerprint density at radius 2 is 1.57 bits per heavy atom. The van der Waals surface area contributed by atoms with Gasteiger partial charge in [0, 0.05) is 0 Å². The predicted molar refractivity (Wildman–Crippen MR) is 55.3 cm³/mol. The van der Waals surface area contributed by atoms with E-state index in [1.165, 1.54) is 7.11 Å². The van der Waals surface area contributed by atoms with Gasteiger partial charge in [-0.25, -0.2) is 0 Å². The molecule has 14 heavy (non-hydrogen) atoms. The van der Waals surface area contributed by atoms with Gasteiger partial charge >= 0.3 is 89.3 Å². The van der Waals surface area contributed by atoms with Gasteiger partial charge in [0.05, 0.1) is 0 Å². The molecule has 4 nitrogen and oxygen atoms in total. The molecule has 0 aromatic rings. The maximum absolute atomic E-state index is 11.2. The Balaban J connectivity index is 3.60. The number of carbonyl (C=O) groups is 2. The Kier molecular flexibility index (Phi) is 6.15. The van der Waals surface area contributed by atoms with E-state index in [2.05, 4.69) is 4.74 Å². The van der Waals surface area contributed by atoms with E-state index in [1.807, 2.05) is 14.8 Å². The van der Waals surface area contributed by atoms with Gasteiger partial charge in [-0.05, 0) is 0 Å². The summed E-state index contributed by atoms with van der Waals surface area (Å²) in [6, 6.07) is 0. The molecule has 0 rings (SSSR count). The molecular formula is C9H18O4Sn. The van der Waals surface area contributed by atoms with Crippen LogP contribution in [0.3, 0.4) is 0 Å². The molecule has 0 aliphatic carbocycles. The predicted octanol–water partition coefficient (Wildman–Crippen LogP) is 1.71. The first-order chi connectivity index (χ1) is 6.35. The van der Waals surface area contributed by atoms with Crippen LogP contribution in [-0.2, 0) is 17.4 Å². The Bertz CT molecular complexity index is 207. The topological polar surface area (TPSA) is 52.6 Å². The van der Waals surface area contributed by atoms with E-state index in [9.17, 15) is 9.59 Å². The van der Waals surface area contributed by atoms with Crippen molar-refractivity contribution in [1.29, 1.82) is 0 Å². The van der Waals surface area contributed by atoms with Gasteiger partial charge in [0.15, 0.2) is 0 Å². The van der Waals surface area contributed by atoms with Gasteiger partial charge < -0.3 is 0 Å². The summed E-state index contributed by atoms with van der Waals surface area (Å²) >= 11 is -2.45. The molecule has 0 aliphatic heterocycles. The van der Waals surface area contributed by atoms with Crippen LogP contribution in [0.2, 0.25) is 14.8 Å². The van der Waals surface area contributed by atoms with E-state index in [1.54, 1.807) is 0 Å². The van der Waals surface area contributed by atoms with Crippen LogP contribution in [-0.4, -0.2) is 37.8 Å². The molecule has 0 saturated heterocycles. The van der Waals surface area contributed by atoms with Gasteiger partial charge in [-0.1, -0.05) is 0 Å². The van der Waals surface area contributed by atoms with Crippen molar-refractivity contribution in [3.05, 3.63) is 0 Å². The normalized spacial score (nSPS) is 10.9. The minimum absolute atomic E-state index is 0.183. The third-order valence-corrected chi connectivity index (χ3v) is 3.81. The fourth-order valence-electron chi connectivity index (χ4n) is 0.872. The van der Waals surface area contributed by atoms with E-state index < -0.39 is 18.8 Å². The average Bonchev–Trinajstić information content (AvgIpc) is 2.00. The van der Waals surface area contributed by atoms with Crippen molar-refractivity contribution in [2.75, 3.05) is 7.11 Å². The standard InChI is InChI=1S/C6H10O4.3CH3.Sn/c1-10-6(9)4-2-3-5(7)8;;;;/h2-4H2,1H3,(H,7,8);3*1H3;/q;;;;+1/p-1. The summed E-state index contributed by atoms with van der Waals surface area (Å²) in [6.07, 6.45) is 1.10. The summed E-state index contributed by atoms with van der Waals surface area (Å²) in [5, 5.41) is 0. The van der Waals surface area contributed by atoms with Crippen LogP contribution >= 0.6 is 0 Å². The Morgan fingerprint density at radius 3 is 2.00 bits per heavy atom. The zero-order valence-corrected chi connectivity index (χ0v) is 12.1. The molecule has 0 radical (unpaired) electrons. The Labute approximate surface area is 89.4 Å². The van der Waals surface area contributed by atoms with Crippen LogP contribution in [0.4, 0.5) is 0 Å². The molecule has 0 atom stereocenters. The molecule has 0 fully saturated rings. The third-order valence-electron chi connectivity index (χ3n) is 1.41. The SMILES string of the molecule is COC(=O)CCCC(=O)[O][Sn]([CH3])([CH3])[CH3]. The number of ether oxygens (including phenoxy) is 1. The summed E-state index contributed by atoms with van der Waals surface area (Å²) in [7, 11) is 1.34.